The van der Waals surface area contributed by atoms with Crippen LogP contribution in [0.25, 0.3) is 0 Å². The van der Waals surface area contributed by atoms with Crippen molar-refractivity contribution in [3.63, 3.8) is 0 Å². The van der Waals surface area contributed by atoms with Crippen molar-refractivity contribution in [3.8, 4) is 0 Å². The van der Waals surface area contributed by atoms with Gasteiger partial charge in [-0.05, 0) is 32.6 Å². The number of carbonyl (C=O) groups is 1. The van der Waals surface area contributed by atoms with E-state index in [1.54, 1.807) is 0 Å². The number of nitrogens with one attached hydrogen (secondary N) is 1. The highest BCUT2D eigenvalue weighted by molar-refractivity contribution is 7.18. The molecule has 6 nitrogen and oxygen atoms in total. The summed E-state index contributed by atoms with van der Waals surface area (Å²) in [6.45, 7) is 6.36. The lowest BCUT2D eigenvalue weighted by Crippen LogP contribution is -2.38. The molecule has 0 spiro atoms. The van der Waals surface area contributed by atoms with E-state index in [1.807, 2.05) is 13.8 Å². The Kier molecular flexibility index (Phi) is 4.82. The van der Waals surface area contributed by atoms with Gasteiger partial charge < -0.3 is 21.1 Å². The molecule has 0 atom stereocenters. The molecule has 0 aromatic carbocycles. The van der Waals surface area contributed by atoms with Crippen molar-refractivity contribution < 1.29 is 9.90 Å². The third kappa shape index (κ3) is 3.21. The zero-order valence-corrected chi connectivity index (χ0v) is 12.7. The van der Waals surface area contributed by atoms with Crippen LogP contribution in [0, 0.1) is 5.92 Å². The molecule has 1 fully saturated rings. The number of carbonyl (C=O) groups excluding carboxylic acids is 1. The van der Waals surface area contributed by atoms with Gasteiger partial charge in [-0.2, -0.15) is 0 Å². The van der Waals surface area contributed by atoms with Gasteiger partial charge in [0.05, 0.1) is 6.10 Å². The number of rotatable bonds is 6. The Morgan fingerprint density at radius 3 is 2.70 bits per heavy atom. The minimum absolute atomic E-state index is 0.167. The molecule has 1 aromatic heterocycles. The predicted octanol–water partition coefficient (Wildman–Crippen LogP) is 1.07. The fourth-order valence-electron chi connectivity index (χ4n) is 2.30. The molecule has 7 heteroatoms. The topological polar surface area (TPSA) is 91.5 Å². The largest absolute Gasteiger partial charge is 0.393 e. The summed E-state index contributed by atoms with van der Waals surface area (Å²) in [4.78, 5) is 18.9. The van der Waals surface area contributed by atoms with E-state index in [9.17, 15) is 9.90 Å². The molecule has 1 amide bonds. The predicted molar refractivity (Wildman–Crippen MR) is 81.2 cm³/mol. The first-order chi connectivity index (χ1) is 9.55. The van der Waals surface area contributed by atoms with E-state index in [4.69, 9.17) is 5.73 Å². The molecule has 0 radical (unpaired) electrons. The number of nitrogen functional groups attached to an aromatic ring is 1. The van der Waals surface area contributed by atoms with Gasteiger partial charge in [0.15, 0.2) is 5.13 Å². The molecular weight excluding hydrogens is 276 g/mol. The van der Waals surface area contributed by atoms with Gasteiger partial charge in [-0.25, -0.2) is 4.98 Å². The number of hydrogen-bond donors (Lipinski definition) is 3. The number of nitrogens with two attached hydrogens (primary N) is 1. The standard InChI is InChI=1S/C13H22N4O2S/c1-3-17(4-2)13-16-11(14)10(20-13)12(19)15-7-8-5-9(18)6-8/h8-9,18H,3-7,14H2,1-2H3,(H,15,19). The molecule has 1 heterocycles. The van der Waals surface area contributed by atoms with Crippen molar-refractivity contribution in [1.29, 1.82) is 0 Å². The molecule has 0 unspecified atom stereocenters. The lowest BCUT2D eigenvalue weighted by molar-refractivity contribution is 0.0420. The van der Waals surface area contributed by atoms with E-state index in [2.05, 4.69) is 15.2 Å². The highest BCUT2D eigenvalue weighted by Gasteiger charge is 2.28. The Balaban J connectivity index is 1.95. The van der Waals surface area contributed by atoms with Crippen molar-refractivity contribution in [2.45, 2.75) is 32.8 Å². The van der Waals surface area contributed by atoms with Gasteiger partial charge in [0.1, 0.15) is 10.7 Å². The maximum absolute atomic E-state index is 12.1. The van der Waals surface area contributed by atoms with Crippen LogP contribution >= 0.6 is 11.3 Å². The summed E-state index contributed by atoms with van der Waals surface area (Å²) in [5.41, 5.74) is 5.84. The first-order valence-corrected chi connectivity index (χ1v) is 7.84. The normalized spacial score (nSPS) is 21.4. The average molecular weight is 298 g/mol. The molecule has 0 saturated heterocycles. The maximum atomic E-state index is 12.1. The monoisotopic (exact) mass is 298 g/mol. The number of aromatic nitrogens is 1. The first-order valence-electron chi connectivity index (χ1n) is 7.02. The van der Waals surface area contributed by atoms with E-state index in [1.165, 1.54) is 11.3 Å². The highest BCUT2D eigenvalue weighted by Crippen LogP contribution is 2.29. The SMILES string of the molecule is CCN(CC)c1nc(N)c(C(=O)NCC2CC(O)C2)s1. The molecule has 0 aliphatic heterocycles. The van der Waals surface area contributed by atoms with Crippen LogP contribution in [0.4, 0.5) is 10.9 Å². The van der Waals surface area contributed by atoms with Gasteiger partial charge in [0.2, 0.25) is 0 Å². The number of aliphatic hydroxyl groups is 1. The number of aliphatic hydroxyl groups excluding tert-OH is 1. The Labute approximate surface area is 123 Å². The van der Waals surface area contributed by atoms with Crippen LogP contribution in [-0.4, -0.2) is 41.7 Å². The van der Waals surface area contributed by atoms with E-state index in [0.29, 0.717) is 23.2 Å². The van der Waals surface area contributed by atoms with E-state index in [0.717, 1.165) is 31.1 Å². The zero-order chi connectivity index (χ0) is 14.7. The maximum Gasteiger partial charge on any atom is 0.265 e. The smallest absolute Gasteiger partial charge is 0.265 e. The second-order valence-electron chi connectivity index (χ2n) is 5.08. The molecule has 1 saturated carbocycles. The number of hydrogen-bond acceptors (Lipinski definition) is 6. The summed E-state index contributed by atoms with van der Waals surface area (Å²) in [5, 5.41) is 12.9. The van der Waals surface area contributed by atoms with Gasteiger partial charge in [0.25, 0.3) is 5.91 Å². The molecule has 4 N–H and O–H groups in total. The minimum atomic E-state index is -0.195. The molecule has 1 aliphatic carbocycles. The van der Waals surface area contributed by atoms with Gasteiger partial charge in [-0.1, -0.05) is 11.3 Å². The number of amides is 1. The van der Waals surface area contributed by atoms with Crippen LogP contribution in [0.15, 0.2) is 0 Å². The molecule has 112 valence electrons. The number of nitrogens with zero attached hydrogens (tertiary/aromatic N) is 2. The van der Waals surface area contributed by atoms with Crippen LogP contribution in [-0.2, 0) is 0 Å². The van der Waals surface area contributed by atoms with Crippen molar-refractivity contribution >= 4 is 28.2 Å². The fraction of sp³-hybridized carbons (Fsp3) is 0.692. The van der Waals surface area contributed by atoms with Crippen LogP contribution < -0.4 is 16.0 Å². The summed E-state index contributed by atoms with van der Waals surface area (Å²) in [5.74, 6) is 0.508. The molecule has 20 heavy (non-hydrogen) atoms. The lowest BCUT2D eigenvalue weighted by Gasteiger charge is -2.31. The van der Waals surface area contributed by atoms with Crippen LogP contribution in [0.3, 0.4) is 0 Å². The zero-order valence-electron chi connectivity index (χ0n) is 11.9. The first kappa shape index (κ1) is 15.1. The van der Waals surface area contributed by atoms with Crippen molar-refractivity contribution in [2.75, 3.05) is 30.3 Å². The van der Waals surface area contributed by atoms with E-state index < -0.39 is 0 Å². The quantitative estimate of drug-likeness (QED) is 0.731. The molecule has 0 bridgehead atoms. The van der Waals surface area contributed by atoms with Crippen molar-refractivity contribution in [2.24, 2.45) is 5.92 Å². The third-order valence-corrected chi connectivity index (χ3v) is 4.78. The van der Waals surface area contributed by atoms with Gasteiger partial charge in [0, 0.05) is 19.6 Å². The molecule has 1 aliphatic rings. The second kappa shape index (κ2) is 6.41. The summed E-state index contributed by atoms with van der Waals surface area (Å²) in [6, 6.07) is 0. The Bertz CT molecular complexity index is 467. The summed E-state index contributed by atoms with van der Waals surface area (Å²) in [6.07, 6.45) is 1.34. The molecule has 1 aromatic rings. The second-order valence-corrected chi connectivity index (χ2v) is 6.06. The number of anilines is 2. The van der Waals surface area contributed by atoms with Crippen LogP contribution in [0.5, 0.6) is 0 Å². The van der Waals surface area contributed by atoms with Crippen molar-refractivity contribution in [1.82, 2.24) is 10.3 Å². The Morgan fingerprint density at radius 2 is 2.15 bits per heavy atom. The fourth-order valence-corrected chi connectivity index (χ4v) is 3.33. The highest BCUT2D eigenvalue weighted by atomic mass is 32.1. The molecule has 2 rings (SSSR count). The third-order valence-electron chi connectivity index (χ3n) is 3.64. The lowest BCUT2D eigenvalue weighted by atomic mass is 9.82. The van der Waals surface area contributed by atoms with Gasteiger partial charge in [-0.15, -0.1) is 0 Å². The van der Waals surface area contributed by atoms with Gasteiger partial charge in [-0.3, -0.25) is 4.79 Å². The molecular formula is C13H22N4O2S. The minimum Gasteiger partial charge on any atom is -0.393 e. The van der Waals surface area contributed by atoms with E-state index >= 15 is 0 Å². The Hall–Kier alpha value is -1.34. The van der Waals surface area contributed by atoms with Crippen LogP contribution in [0.2, 0.25) is 0 Å². The van der Waals surface area contributed by atoms with Crippen LogP contribution in [0.1, 0.15) is 36.4 Å². The van der Waals surface area contributed by atoms with E-state index in [-0.39, 0.29) is 12.0 Å². The van der Waals surface area contributed by atoms with Gasteiger partial charge >= 0.3 is 0 Å². The van der Waals surface area contributed by atoms with Crippen molar-refractivity contribution in [3.05, 3.63) is 4.88 Å². The average Bonchev–Trinajstić information content (AvgIpc) is 2.76. The number of thiazole rings is 1. The summed E-state index contributed by atoms with van der Waals surface area (Å²) in [7, 11) is 0. The summed E-state index contributed by atoms with van der Waals surface area (Å²) >= 11 is 1.33. The Morgan fingerprint density at radius 1 is 1.50 bits per heavy atom. The summed E-state index contributed by atoms with van der Waals surface area (Å²) < 4.78 is 0.